The molecule has 0 saturated carbocycles. The largest absolute Gasteiger partial charge is 0.377 e. The maximum atomic E-state index is 6.04. The number of aromatic nitrogens is 3. The smallest absolute Gasteiger partial charge is 0.145 e. The summed E-state index contributed by atoms with van der Waals surface area (Å²) in [6.45, 7) is 0.552. The molecule has 1 N–H and O–H groups in total. The summed E-state index contributed by atoms with van der Waals surface area (Å²) in [5.41, 5.74) is 0.789. The Hall–Kier alpha value is -1.26. The maximum Gasteiger partial charge on any atom is 0.145 e. The summed E-state index contributed by atoms with van der Waals surface area (Å²) in [7, 11) is 1.84. The first-order chi connectivity index (χ1) is 7.68. The van der Waals surface area contributed by atoms with Gasteiger partial charge in [-0.1, -0.05) is 29.3 Å². The first-order valence-corrected chi connectivity index (χ1v) is 5.45. The Morgan fingerprint density at radius 1 is 1.38 bits per heavy atom. The monoisotopic (exact) mass is 256 g/mol. The highest BCUT2D eigenvalue weighted by molar-refractivity contribution is 6.43. The van der Waals surface area contributed by atoms with Crippen molar-refractivity contribution in [1.29, 1.82) is 0 Å². The van der Waals surface area contributed by atoms with Crippen molar-refractivity contribution in [2.45, 2.75) is 6.54 Å². The molecule has 0 bridgehead atoms. The van der Waals surface area contributed by atoms with E-state index in [4.69, 9.17) is 23.2 Å². The van der Waals surface area contributed by atoms with Gasteiger partial charge in [-0.15, -0.1) is 0 Å². The Morgan fingerprint density at radius 3 is 2.88 bits per heavy atom. The molecule has 0 fully saturated rings. The van der Waals surface area contributed by atoms with E-state index in [1.807, 2.05) is 19.2 Å². The van der Waals surface area contributed by atoms with Gasteiger partial charge in [0.25, 0.3) is 0 Å². The molecule has 2 rings (SSSR count). The maximum absolute atomic E-state index is 6.04. The van der Waals surface area contributed by atoms with Crippen LogP contribution < -0.4 is 5.32 Å². The molecule has 0 spiro atoms. The van der Waals surface area contributed by atoms with Crippen molar-refractivity contribution >= 4 is 28.9 Å². The number of rotatable bonds is 3. The molecule has 0 saturated heterocycles. The zero-order chi connectivity index (χ0) is 11.5. The fourth-order valence-corrected chi connectivity index (χ4v) is 1.66. The number of benzene rings is 1. The summed E-state index contributed by atoms with van der Waals surface area (Å²) in [6, 6.07) is 5.45. The molecular weight excluding hydrogens is 247 g/mol. The van der Waals surface area contributed by atoms with Crippen molar-refractivity contribution in [3.05, 3.63) is 40.4 Å². The van der Waals surface area contributed by atoms with E-state index < -0.39 is 0 Å². The third kappa shape index (κ3) is 2.28. The van der Waals surface area contributed by atoms with Gasteiger partial charge >= 0.3 is 0 Å². The van der Waals surface area contributed by atoms with Gasteiger partial charge in [0.1, 0.15) is 12.2 Å². The molecule has 2 aromatic rings. The van der Waals surface area contributed by atoms with E-state index in [1.165, 1.54) is 6.33 Å². The highest BCUT2D eigenvalue weighted by Gasteiger charge is 2.05. The van der Waals surface area contributed by atoms with Crippen LogP contribution in [0.5, 0.6) is 0 Å². The lowest BCUT2D eigenvalue weighted by molar-refractivity contribution is 0.712. The van der Waals surface area contributed by atoms with Gasteiger partial charge in [-0.25, -0.2) is 4.98 Å². The molecule has 84 valence electrons. The standard InChI is InChI=1S/C10H10Cl2N4/c1-16-9(14-6-15-16)5-13-8-4-2-3-7(11)10(8)12/h2-4,6,13H,5H2,1H3. The molecule has 4 nitrogen and oxygen atoms in total. The van der Waals surface area contributed by atoms with Crippen molar-refractivity contribution in [3.8, 4) is 0 Å². The zero-order valence-corrected chi connectivity index (χ0v) is 10.1. The normalized spacial score (nSPS) is 10.4. The number of hydrogen-bond donors (Lipinski definition) is 1. The average molecular weight is 257 g/mol. The summed E-state index contributed by atoms with van der Waals surface area (Å²) in [5.74, 6) is 0.830. The van der Waals surface area contributed by atoms with Crippen LogP contribution in [-0.4, -0.2) is 14.8 Å². The summed E-state index contributed by atoms with van der Waals surface area (Å²) in [6.07, 6.45) is 1.51. The van der Waals surface area contributed by atoms with Crippen molar-refractivity contribution in [2.75, 3.05) is 5.32 Å². The second kappa shape index (κ2) is 4.72. The minimum absolute atomic E-state index is 0.520. The highest BCUT2D eigenvalue weighted by atomic mass is 35.5. The molecule has 0 aliphatic rings. The molecule has 6 heteroatoms. The lowest BCUT2D eigenvalue weighted by Crippen LogP contribution is -2.07. The van der Waals surface area contributed by atoms with Crippen LogP contribution >= 0.6 is 23.2 Å². The van der Waals surface area contributed by atoms with Crippen molar-refractivity contribution < 1.29 is 0 Å². The summed E-state index contributed by atoms with van der Waals surface area (Å²) < 4.78 is 1.70. The molecule has 0 unspecified atom stereocenters. The van der Waals surface area contributed by atoms with E-state index in [0.717, 1.165) is 11.5 Å². The SMILES string of the molecule is Cn1ncnc1CNc1cccc(Cl)c1Cl. The third-order valence-electron chi connectivity index (χ3n) is 2.19. The Bertz CT molecular complexity index is 495. The number of hydrogen-bond acceptors (Lipinski definition) is 3. The van der Waals surface area contributed by atoms with Crippen LogP contribution in [0.15, 0.2) is 24.5 Å². The number of aryl methyl sites for hydroxylation is 1. The quantitative estimate of drug-likeness (QED) is 0.919. The van der Waals surface area contributed by atoms with Gasteiger partial charge in [0.15, 0.2) is 0 Å². The predicted octanol–water partition coefficient (Wildman–Crippen LogP) is 2.73. The Morgan fingerprint density at radius 2 is 2.19 bits per heavy atom. The van der Waals surface area contributed by atoms with Crippen LogP contribution in [0, 0.1) is 0 Å². The second-order valence-electron chi connectivity index (χ2n) is 3.25. The lowest BCUT2D eigenvalue weighted by Gasteiger charge is -2.08. The van der Waals surface area contributed by atoms with Crippen LogP contribution in [0.25, 0.3) is 0 Å². The van der Waals surface area contributed by atoms with Gasteiger partial charge in [-0.05, 0) is 12.1 Å². The van der Waals surface area contributed by atoms with Gasteiger partial charge in [-0.2, -0.15) is 5.10 Å². The van der Waals surface area contributed by atoms with Gasteiger partial charge in [-0.3, -0.25) is 4.68 Å². The molecule has 1 aromatic heterocycles. The Kier molecular flexibility index (Phi) is 3.31. The van der Waals surface area contributed by atoms with E-state index in [2.05, 4.69) is 15.4 Å². The molecule has 0 aliphatic carbocycles. The topological polar surface area (TPSA) is 42.7 Å². The van der Waals surface area contributed by atoms with Crippen LogP contribution in [0.3, 0.4) is 0 Å². The Labute approximate surface area is 103 Å². The van der Waals surface area contributed by atoms with Crippen LogP contribution in [0.2, 0.25) is 10.0 Å². The molecule has 1 heterocycles. The van der Waals surface area contributed by atoms with Gasteiger partial charge < -0.3 is 5.32 Å². The van der Waals surface area contributed by atoms with Crippen LogP contribution in [0.4, 0.5) is 5.69 Å². The van der Waals surface area contributed by atoms with Crippen molar-refractivity contribution in [2.24, 2.45) is 7.05 Å². The number of anilines is 1. The van der Waals surface area contributed by atoms with E-state index in [-0.39, 0.29) is 0 Å². The summed E-state index contributed by atoms with van der Waals surface area (Å²) in [4.78, 5) is 4.10. The zero-order valence-electron chi connectivity index (χ0n) is 8.61. The van der Waals surface area contributed by atoms with E-state index in [0.29, 0.717) is 16.6 Å². The van der Waals surface area contributed by atoms with Crippen molar-refractivity contribution in [3.63, 3.8) is 0 Å². The van der Waals surface area contributed by atoms with Gasteiger partial charge in [0.2, 0.25) is 0 Å². The highest BCUT2D eigenvalue weighted by Crippen LogP contribution is 2.29. The fourth-order valence-electron chi connectivity index (χ4n) is 1.29. The molecule has 16 heavy (non-hydrogen) atoms. The van der Waals surface area contributed by atoms with Crippen LogP contribution in [0.1, 0.15) is 5.82 Å². The summed E-state index contributed by atoms with van der Waals surface area (Å²) in [5, 5.41) is 8.18. The van der Waals surface area contributed by atoms with Gasteiger partial charge in [0, 0.05) is 7.05 Å². The van der Waals surface area contributed by atoms with Crippen molar-refractivity contribution in [1.82, 2.24) is 14.8 Å². The minimum atomic E-state index is 0.520. The first kappa shape index (κ1) is 11.2. The number of nitrogens with one attached hydrogen (secondary N) is 1. The first-order valence-electron chi connectivity index (χ1n) is 4.69. The third-order valence-corrected chi connectivity index (χ3v) is 3.01. The minimum Gasteiger partial charge on any atom is -0.377 e. The Balaban J connectivity index is 2.11. The van der Waals surface area contributed by atoms with E-state index in [9.17, 15) is 0 Å². The number of halogens is 2. The van der Waals surface area contributed by atoms with Crippen LogP contribution in [-0.2, 0) is 13.6 Å². The fraction of sp³-hybridized carbons (Fsp3) is 0.200. The molecular formula is C10H10Cl2N4. The molecule has 0 atom stereocenters. The number of nitrogens with zero attached hydrogens (tertiary/aromatic N) is 3. The molecule has 0 aliphatic heterocycles. The molecule has 0 amide bonds. The molecule has 0 radical (unpaired) electrons. The average Bonchev–Trinajstić information content (AvgIpc) is 2.67. The predicted molar refractivity (Wildman–Crippen MR) is 64.8 cm³/mol. The van der Waals surface area contributed by atoms with E-state index in [1.54, 1.807) is 10.7 Å². The van der Waals surface area contributed by atoms with Gasteiger partial charge in [0.05, 0.1) is 22.3 Å². The van der Waals surface area contributed by atoms with E-state index >= 15 is 0 Å². The second-order valence-corrected chi connectivity index (χ2v) is 4.04. The summed E-state index contributed by atoms with van der Waals surface area (Å²) >= 11 is 11.9. The lowest BCUT2D eigenvalue weighted by atomic mass is 10.3. The molecule has 1 aromatic carbocycles.